The number of pyridine rings is 1. The Labute approximate surface area is 143 Å². The van der Waals surface area contributed by atoms with Crippen molar-refractivity contribution in [2.45, 2.75) is 0 Å². The van der Waals surface area contributed by atoms with Crippen LogP contribution < -0.4 is 5.32 Å². The molecule has 4 rings (SSSR count). The zero-order chi connectivity index (χ0) is 17.2. The number of anilines is 1. The van der Waals surface area contributed by atoms with Gasteiger partial charge in [0.05, 0.1) is 23.3 Å². The van der Waals surface area contributed by atoms with E-state index in [0.717, 1.165) is 16.6 Å². The number of carbonyl (C=O) groups is 2. The molecule has 7 heteroatoms. The average Bonchev–Trinajstić information content (AvgIpc) is 2.61. The molecular weight excluding hydrogens is 318 g/mol. The van der Waals surface area contributed by atoms with Crippen LogP contribution in [-0.2, 0) is 4.79 Å². The van der Waals surface area contributed by atoms with Gasteiger partial charge in [0, 0.05) is 37.1 Å². The van der Waals surface area contributed by atoms with Crippen molar-refractivity contribution in [1.82, 2.24) is 19.9 Å². The van der Waals surface area contributed by atoms with E-state index in [-0.39, 0.29) is 17.7 Å². The molecule has 1 aromatic carbocycles. The maximum atomic E-state index is 12.4. The van der Waals surface area contributed by atoms with Gasteiger partial charge in [-0.1, -0.05) is 6.07 Å². The van der Waals surface area contributed by atoms with Gasteiger partial charge in [0.2, 0.25) is 5.91 Å². The van der Waals surface area contributed by atoms with Crippen molar-refractivity contribution in [3.05, 3.63) is 60.8 Å². The maximum absolute atomic E-state index is 12.4. The minimum Gasteiger partial charge on any atom is -0.336 e. The molecule has 2 amide bonds. The van der Waals surface area contributed by atoms with E-state index in [0.29, 0.717) is 18.8 Å². The number of aromatic nitrogens is 3. The second-order valence-electron chi connectivity index (χ2n) is 5.86. The first kappa shape index (κ1) is 15.2. The minimum atomic E-state index is -0.229. The molecule has 7 nitrogen and oxygen atoms in total. The highest BCUT2D eigenvalue weighted by molar-refractivity contribution is 6.03. The topological polar surface area (TPSA) is 88.1 Å². The molecule has 0 unspecified atom stereocenters. The predicted molar refractivity (Wildman–Crippen MR) is 91.8 cm³/mol. The number of nitrogens with one attached hydrogen (secondary N) is 1. The van der Waals surface area contributed by atoms with Crippen molar-refractivity contribution >= 4 is 28.4 Å². The molecule has 0 saturated carbocycles. The van der Waals surface area contributed by atoms with Gasteiger partial charge in [-0.25, -0.2) is 4.98 Å². The molecule has 0 spiro atoms. The second-order valence-corrected chi connectivity index (χ2v) is 5.86. The molecule has 1 aliphatic rings. The largest absolute Gasteiger partial charge is 0.336 e. The molecule has 0 aliphatic carbocycles. The van der Waals surface area contributed by atoms with Crippen LogP contribution in [0.1, 0.15) is 10.5 Å². The summed E-state index contributed by atoms with van der Waals surface area (Å²) in [7, 11) is 0. The van der Waals surface area contributed by atoms with Crippen LogP contribution in [0.2, 0.25) is 0 Å². The summed E-state index contributed by atoms with van der Waals surface area (Å²) >= 11 is 0. The molecule has 3 heterocycles. The van der Waals surface area contributed by atoms with E-state index >= 15 is 0 Å². The number of fused-ring (bicyclic) bond motifs is 1. The van der Waals surface area contributed by atoms with Crippen molar-refractivity contribution < 1.29 is 9.59 Å². The second kappa shape index (κ2) is 6.27. The Morgan fingerprint density at radius 2 is 1.92 bits per heavy atom. The molecule has 0 bridgehead atoms. The molecule has 0 radical (unpaired) electrons. The van der Waals surface area contributed by atoms with E-state index < -0.39 is 0 Å². The van der Waals surface area contributed by atoms with Crippen molar-refractivity contribution in [3.63, 3.8) is 0 Å². The molecule has 1 fully saturated rings. The lowest BCUT2D eigenvalue weighted by Crippen LogP contribution is -2.54. The Bertz CT molecular complexity index is 933. The van der Waals surface area contributed by atoms with Crippen molar-refractivity contribution in [2.75, 3.05) is 18.4 Å². The highest BCUT2D eigenvalue weighted by atomic mass is 16.2. The Hall–Kier alpha value is -3.35. The van der Waals surface area contributed by atoms with E-state index in [1.54, 1.807) is 11.1 Å². The standard InChI is InChI=1S/C18H15N5O2/c24-17(22-15-5-1-4-14-13(15)3-2-6-20-14)12-10-23(11-12)18(25)16-9-19-7-8-21-16/h1-9,12H,10-11H2,(H,22,24). The first-order chi connectivity index (χ1) is 12.2. The van der Waals surface area contributed by atoms with E-state index in [9.17, 15) is 9.59 Å². The molecule has 25 heavy (non-hydrogen) atoms. The van der Waals surface area contributed by atoms with Crippen molar-refractivity contribution in [1.29, 1.82) is 0 Å². The third-order valence-electron chi connectivity index (χ3n) is 4.23. The lowest BCUT2D eigenvalue weighted by Gasteiger charge is -2.37. The van der Waals surface area contributed by atoms with E-state index in [2.05, 4.69) is 20.3 Å². The average molecular weight is 333 g/mol. The smallest absolute Gasteiger partial charge is 0.274 e. The fraction of sp³-hybridized carbons (Fsp3) is 0.167. The van der Waals surface area contributed by atoms with Gasteiger partial charge in [0.1, 0.15) is 5.69 Å². The third kappa shape index (κ3) is 2.91. The van der Waals surface area contributed by atoms with Crippen LogP contribution in [0, 0.1) is 5.92 Å². The zero-order valence-electron chi connectivity index (χ0n) is 13.3. The number of likely N-dealkylation sites (tertiary alicyclic amines) is 1. The van der Waals surface area contributed by atoms with Gasteiger partial charge in [0.15, 0.2) is 0 Å². The highest BCUT2D eigenvalue weighted by Gasteiger charge is 2.36. The molecule has 2 aromatic heterocycles. The minimum absolute atomic E-state index is 0.0976. The number of carbonyl (C=O) groups excluding carboxylic acids is 2. The fourth-order valence-electron chi connectivity index (χ4n) is 2.83. The van der Waals surface area contributed by atoms with Gasteiger partial charge >= 0.3 is 0 Å². The summed E-state index contributed by atoms with van der Waals surface area (Å²) in [5, 5.41) is 3.83. The van der Waals surface area contributed by atoms with E-state index in [1.165, 1.54) is 18.6 Å². The normalized spacial score (nSPS) is 14.2. The highest BCUT2D eigenvalue weighted by Crippen LogP contribution is 2.24. The van der Waals surface area contributed by atoms with Crippen molar-refractivity contribution in [2.24, 2.45) is 5.92 Å². The summed E-state index contributed by atoms with van der Waals surface area (Å²) in [6.45, 7) is 0.758. The van der Waals surface area contributed by atoms with Gasteiger partial charge in [0.25, 0.3) is 5.91 Å². The predicted octanol–water partition coefficient (Wildman–Crippen LogP) is 1.74. The number of hydrogen-bond donors (Lipinski definition) is 1. The van der Waals surface area contributed by atoms with Crippen LogP contribution >= 0.6 is 0 Å². The van der Waals surface area contributed by atoms with Gasteiger partial charge < -0.3 is 10.2 Å². The molecule has 124 valence electrons. The molecule has 1 saturated heterocycles. The van der Waals surface area contributed by atoms with Crippen LogP contribution in [0.4, 0.5) is 5.69 Å². The van der Waals surface area contributed by atoms with Crippen molar-refractivity contribution in [3.8, 4) is 0 Å². The summed E-state index contributed by atoms with van der Waals surface area (Å²) in [4.78, 5) is 38.4. The Morgan fingerprint density at radius 3 is 2.72 bits per heavy atom. The first-order valence-corrected chi connectivity index (χ1v) is 7.92. The van der Waals surface area contributed by atoms with Gasteiger partial charge in [-0.3, -0.25) is 19.6 Å². The molecular formula is C18H15N5O2. The summed E-state index contributed by atoms with van der Waals surface area (Å²) < 4.78 is 0. The molecule has 1 N–H and O–H groups in total. The lowest BCUT2D eigenvalue weighted by molar-refractivity contribution is -0.123. The molecule has 0 atom stereocenters. The summed E-state index contributed by atoms with van der Waals surface area (Å²) in [5.74, 6) is -0.529. The van der Waals surface area contributed by atoms with Gasteiger partial charge in [-0.15, -0.1) is 0 Å². The number of rotatable bonds is 3. The fourth-order valence-corrected chi connectivity index (χ4v) is 2.83. The summed E-state index contributed by atoms with van der Waals surface area (Å²) in [6.07, 6.45) is 6.14. The van der Waals surface area contributed by atoms with Crippen LogP contribution in [0.15, 0.2) is 55.1 Å². The maximum Gasteiger partial charge on any atom is 0.274 e. The molecule has 3 aromatic rings. The van der Waals surface area contributed by atoms with Crippen LogP contribution in [0.3, 0.4) is 0 Å². The Kier molecular flexibility index (Phi) is 3.81. The molecule has 1 aliphatic heterocycles. The van der Waals surface area contributed by atoms with Gasteiger partial charge in [-0.2, -0.15) is 0 Å². The van der Waals surface area contributed by atoms with Crippen LogP contribution in [0.25, 0.3) is 10.9 Å². The first-order valence-electron chi connectivity index (χ1n) is 7.92. The number of benzene rings is 1. The van der Waals surface area contributed by atoms with E-state index in [4.69, 9.17) is 0 Å². The Balaban J connectivity index is 1.41. The monoisotopic (exact) mass is 333 g/mol. The lowest BCUT2D eigenvalue weighted by atomic mass is 9.98. The summed E-state index contributed by atoms with van der Waals surface area (Å²) in [6, 6.07) is 9.36. The number of amides is 2. The Morgan fingerprint density at radius 1 is 1.04 bits per heavy atom. The number of hydrogen-bond acceptors (Lipinski definition) is 5. The zero-order valence-corrected chi connectivity index (χ0v) is 13.3. The third-order valence-corrected chi connectivity index (χ3v) is 4.23. The number of nitrogens with zero attached hydrogens (tertiary/aromatic N) is 4. The van der Waals surface area contributed by atoms with Gasteiger partial charge in [-0.05, 0) is 24.3 Å². The van der Waals surface area contributed by atoms with E-state index in [1.807, 2.05) is 30.3 Å². The SMILES string of the molecule is O=C(Nc1cccc2ncccc12)C1CN(C(=O)c2cnccn2)C1. The van der Waals surface area contributed by atoms with Crippen LogP contribution in [-0.4, -0.2) is 44.8 Å². The van der Waals surface area contributed by atoms with Crippen LogP contribution in [0.5, 0.6) is 0 Å². The quantitative estimate of drug-likeness (QED) is 0.789. The summed E-state index contributed by atoms with van der Waals surface area (Å²) in [5.41, 5.74) is 1.85.